The lowest BCUT2D eigenvalue weighted by atomic mass is 10.1. The number of ether oxygens (including phenoxy) is 2. The molecule has 164 valence electrons. The Balaban J connectivity index is 2.94. The van der Waals surface area contributed by atoms with Gasteiger partial charge in [-0.1, -0.05) is 12.1 Å². The molecule has 9 heteroatoms. The number of rotatable bonds is 12. The molecule has 0 aliphatic carbocycles. The molecule has 0 saturated carbocycles. The Kier molecular flexibility index (Phi) is 10.6. The summed E-state index contributed by atoms with van der Waals surface area (Å²) in [6.07, 6.45) is -0.876. The van der Waals surface area contributed by atoms with E-state index in [1.54, 1.807) is 39.8 Å². The lowest BCUT2D eigenvalue weighted by Crippen LogP contribution is -2.48. The molecule has 0 heterocycles. The van der Waals surface area contributed by atoms with Crippen molar-refractivity contribution in [2.75, 3.05) is 0 Å². The molecular formula is C21H28FN3O5. The fourth-order valence-corrected chi connectivity index (χ4v) is 2.61. The number of hydrogen-bond acceptors (Lipinski definition) is 5. The van der Waals surface area contributed by atoms with Gasteiger partial charge in [0.2, 0.25) is 11.7 Å². The molecule has 1 rings (SSSR count). The maximum atomic E-state index is 13.1. The minimum Gasteiger partial charge on any atom is -0.461 e. The van der Waals surface area contributed by atoms with E-state index in [1.165, 1.54) is 12.1 Å². The Morgan fingerprint density at radius 2 is 1.77 bits per heavy atom. The highest BCUT2D eigenvalue weighted by Gasteiger charge is 2.29. The van der Waals surface area contributed by atoms with Gasteiger partial charge >= 0.3 is 12.2 Å². The zero-order valence-electron chi connectivity index (χ0n) is 17.6. The molecule has 2 atom stereocenters. The molecular weight excluding hydrogens is 393 g/mol. The first kappa shape index (κ1) is 25.1. The second-order valence-corrected chi connectivity index (χ2v) is 7.30. The predicted molar refractivity (Wildman–Crippen MR) is 107 cm³/mol. The van der Waals surface area contributed by atoms with E-state index in [1.807, 2.05) is 0 Å². The third kappa shape index (κ3) is 9.54. The summed E-state index contributed by atoms with van der Waals surface area (Å²) in [6, 6.07) is 4.60. The number of hydrogen-bond donors (Lipinski definition) is 1. The van der Waals surface area contributed by atoms with Crippen LogP contribution in [0.5, 0.6) is 0 Å². The van der Waals surface area contributed by atoms with Gasteiger partial charge in [0.1, 0.15) is 18.0 Å². The van der Waals surface area contributed by atoms with E-state index in [0.717, 1.165) is 6.21 Å². The molecule has 0 fully saturated rings. The standard InChI is InChI=1S/C21H28FN3O5/c1-13(2)29-19(11-15-5-7-16(22)8-6-15)20(27)25-18(21(28)30-14(3)4)10-9-17(26)12-24-23/h5-8,12-14,18-19H,9-11H2,1-4H3,(H,25,27)/t18-,19-/m0/s1. The second kappa shape index (κ2) is 12.6. The van der Waals surface area contributed by atoms with Crippen molar-refractivity contribution >= 4 is 23.9 Å². The summed E-state index contributed by atoms with van der Waals surface area (Å²) >= 11 is 0. The van der Waals surface area contributed by atoms with Gasteiger partial charge in [0.25, 0.3) is 0 Å². The summed E-state index contributed by atoms with van der Waals surface area (Å²) < 4.78 is 24.0. The number of amides is 1. The molecule has 1 aromatic carbocycles. The monoisotopic (exact) mass is 421 g/mol. The molecule has 8 nitrogen and oxygen atoms in total. The number of nitrogens with one attached hydrogen (secondary N) is 1. The molecule has 0 aliphatic heterocycles. The third-order valence-corrected chi connectivity index (χ3v) is 3.90. The van der Waals surface area contributed by atoms with Crippen molar-refractivity contribution in [2.24, 2.45) is 0 Å². The lowest BCUT2D eigenvalue weighted by molar-refractivity contribution is -0.153. The van der Waals surface area contributed by atoms with E-state index < -0.39 is 41.7 Å². The highest BCUT2D eigenvalue weighted by atomic mass is 19.1. The van der Waals surface area contributed by atoms with E-state index in [9.17, 15) is 18.8 Å². The van der Waals surface area contributed by atoms with Crippen molar-refractivity contribution in [1.29, 1.82) is 0 Å². The van der Waals surface area contributed by atoms with Gasteiger partial charge in [0, 0.05) is 12.8 Å². The van der Waals surface area contributed by atoms with Crippen LogP contribution in [0.4, 0.5) is 4.39 Å². The summed E-state index contributed by atoms with van der Waals surface area (Å²) in [4.78, 5) is 39.5. The van der Waals surface area contributed by atoms with Crippen molar-refractivity contribution in [3.05, 3.63) is 41.2 Å². The van der Waals surface area contributed by atoms with Gasteiger partial charge in [-0.15, -0.1) is 0 Å². The average Bonchev–Trinajstić information content (AvgIpc) is 2.65. The topological polar surface area (TPSA) is 118 Å². The average molecular weight is 421 g/mol. The van der Waals surface area contributed by atoms with Crippen molar-refractivity contribution in [3.63, 3.8) is 0 Å². The first-order valence-corrected chi connectivity index (χ1v) is 9.73. The van der Waals surface area contributed by atoms with Crippen LogP contribution in [0.25, 0.3) is 5.53 Å². The minimum absolute atomic E-state index is 0.0346. The van der Waals surface area contributed by atoms with Crippen LogP contribution in [0.3, 0.4) is 0 Å². The number of nitrogens with zero attached hydrogens (tertiary/aromatic N) is 2. The van der Waals surface area contributed by atoms with Crippen LogP contribution in [-0.4, -0.2) is 53.0 Å². The van der Waals surface area contributed by atoms with Gasteiger partial charge < -0.3 is 20.3 Å². The number of ketones is 1. The van der Waals surface area contributed by atoms with Gasteiger partial charge in [0.15, 0.2) is 0 Å². The molecule has 0 aromatic heterocycles. The van der Waals surface area contributed by atoms with Crippen molar-refractivity contribution < 1.29 is 33.0 Å². The van der Waals surface area contributed by atoms with Gasteiger partial charge in [-0.2, -0.15) is 4.79 Å². The number of carbonyl (C=O) groups excluding carboxylic acids is 3. The molecule has 1 N–H and O–H groups in total. The Hall–Kier alpha value is -2.90. The first-order valence-electron chi connectivity index (χ1n) is 9.73. The molecule has 0 unspecified atom stereocenters. The fourth-order valence-electron chi connectivity index (χ4n) is 2.61. The Labute approximate surface area is 175 Å². The number of carbonyl (C=O) groups is 3. The van der Waals surface area contributed by atoms with Crippen LogP contribution in [0.15, 0.2) is 24.3 Å². The van der Waals surface area contributed by atoms with E-state index >= 15 is 0 Å². The van der Waals surface area contributed by atoms with E-state index in [0.29, 0.717) is 5.56 Å². The summed E-state index contributed by atoms with van der Waals surface area (Å²) in [5.41, 5.74) is 9.12. The van der Waals surface area contributed by atoms with Gasteiger partial charge in [-0.25, -0.2) is 9.18 Å². The maximum absolute atomic E-state index is 13.1. The van der Waals surface area contributed by atoms with Gasteiger partial charge in [0.05, 0.1) is 12.2 Å². The zero-order chi connectivity index (χ0) is 22.7. The molecule has 30 heavy (non-hydrogen) atoms. The van der Waals surface area contributed by atoms with Crippen molar-refractivity contribution in [3.8, 4) is 0 Å². The maximum Gasteiger partial charge on any atom is 0.328 e. The smallest absolute Gasteiger partial charge is 0.328 e. The second-order valence-electron chi connectivity index (χ2n) is 7.30. The lowest BCUT2D eigenvalue weighted by Gasteiger charge is -2.24. The van der Waals surface area contributed by atoms with Crippen LogP contribution >= 0.6 is 0 Å². The van der Waals surface area contributed by atoms with Crippen molar-refractivity contribution in [2.45, 2.75) is 71.3 Å². The highest BCUT2D eigenvalue weighted by Crippen LogP contribution is 2.12. The van der Waals surface area contributed by atoms with Crippen LogP contribution < -0.4 is 5.32 Å². The quantitative estimate of drug-likeness (QED) is 0.240. The normalized spacial score (nSPS) is 12.8. The predicted octanol–water partition coefficient (Wildman–Crippen LogP) is 2.25. The SMILES string of the molecule is CC(C)OC(=O)[C@H](CCC(=O)C=[N+]=[N-])NC(=O)[C@H](Cc1ccc(F)cc1)OC(C)C. The van der Waals surface area contributed by atoms with Crippen LogP contribution in [-0.2, 0) is 30.3 Å². The number of esters is 1. The zero-order valence-corrected chi connectivity index (χ0v) is 17.6. The Bertz CT molecular complexity index is 773. The van der Waals surface area contributed by atoms with Crippen LogP contribution in [0.1, 0.15) is 46.1 Å². The molecule has 0 saturated heterocycles. The molecule has 1 amide bonds. The minimum atomic E-state index is -1.08. The highest BCUT2D eigenvalue weighted by molar-refractivity contribution is 6.25. The van der Waals surface area contributed by atoms with Gasteiger partial charge in [-0.05, 0) is 51.8 Å². The molecule has 0 radical (unpaired) electrons. The van der Waals surface area contributed by atoms with E-state index in [4.69, 9.17) is 15.0 Å². The number of halogens is 1. The van der Waals surface area contributed by atoms with E-state index in [2.05, 4.69) is 10.1 Å². The fraction of sp³-hybridized carbons (Fsp3) is 0.524. The summed E-state index contributed by atoms with van der Waals surface area (Å²) in [5.74, 6) is -2.13. The van der Waals surface area contributed by atoms with Crippen molar-refractivity contribution in [1.82, 2.24) is 5.32 Å². The Morgan fingerprint density at radius 1 is 1.13 bits per heavy atom. The number of benzene rings is 1. The largest absolute Gasteiger partial charge is 0.461 e. The first-order chi connectivity index (χ1) is 14.1. The number of Topliss-reactive ketones (excluding diaryl/α,β-unsaturated/α-hetero) is 1. The molecule has 1 aromatic rings. The summed E-state index contributed by atoms with van der Waals surface area (Å²) in [5, 5.41) is 2.58. The van der Waals surface area contributed by atoms with E-state index in [-0.39, 0.29) is 25.4 Å². The molecule has 0 spiro atoms. The molecule has 0 bridgehead atoms. The Morgan fingerprint density at radius 3 is 2.30 bits per heavy atom. The summed E-state index contributed by atoms with van der Waals surface area (Å²) in [7, 11) is 0. The molecule has 0 aliphatic rings. The summed E-state index contributed by atoms with van der Waals surface area (Å²) in [6.45, 7) is 6.86. The van der Waals surface area contributed by atoms with Gasteiger partial charge in [-0.3, -0.25) is 9.59 Å². The third-order valence-electron chi connectivity index (χ3n) is 3.90. The van der Waals surface area contributed by atoms with Crippen LogP contribution in [0, 0.1) is 5.82 Å². The van der Waals surface area contributed by atoms with Crippen LogP contribution in [0.2, 0.25) is 0 Å².